The number of aryl methyl sites for hydroxylation is 2. The normalized spacial score (nSPS) is 15.9. The van der Waals surface area contributed by atoms with Gasteiger partial charge in [-0.05, 0) is 57.9 Å². The second-order valence-electron chi connectivity index (χ2n) is 7.74. The molecule has 1 saturated heterocycles. The average Bonchev–Trinajstić information content (AvgIpc) is 2.73. The Morgan fingerprint density at radius 2 is 1.87 bits per heavy atom. The summed E-state index contributed by atoms with van der Waals surface area (Å²) in [5, 5.41) is 6.94. The highest BCUT2D eigenvalue weighted by molar-refractivity contribution is 14.0. The molecule has 7 heteroatoms. The van der Waals surface area contributed by atoms with Crippen molar-refractivity contribution in [3.05, 3.63) is 53.7 Å². The maximum absolute atomic E-state index is 5.97. The SMILES string of the molecule is CN=C(NCC(C)Oc1ccc(C)cc1)NC1CCN(c2cccc(C)n2)CC1.I. The molecule has 2 N–H and O–H groups in total. The minimum Gasteiger partial charge on any atom is -0.489 e. The smallest absolute Gasteiger partial charge is 0.191 e. The number of anilines is 1. The van der Waals surface area contributed by atoms with E-state index in [1.54, 1.807) is 0 Å². The first kappa shape index (κ1) is 24.2. The fraction of sp³-hybridized carbons (Fsp3) is 0.478. The highest BCUT2D eigenvalue weighted by Crippen LogP contribution is 2.18. The van der Waals surface area contributed by atoms with Gasteiger partial charge in [-0.1, -0.05) is 23.8 Å². The Balaban J connectivity index is 0.00000320. The van der Waals surface area contributed by atoms with Gasteiger partial charge in [-0.25, -0.2) is 4.98 Å². The molecule has 1 fully saturated rings. The molecule has 1 atom stereocenters. The highest BCUT2D eigenvalue weighted by Gasteiger charge is 2.21. The van der Waals surface area contributed by atoms with E-state index in [4.69, 9.17) is 4.74 Å². The fourth-order valence-electron chi connectivity index (χ4n) is 3.48. The summed E-state index contributed by atoms with van der Waals surface area (Å²) in [5.41, 5.74) is 2.30. The summed E-state index contributed by atoms with van der Waals surface area (Å²) < 4.78 is 5.97. The molecule has 3 rings (SSSR count). The Kier molecular flexibility index (Phi) is 9.68. The molecule has 164 valence electrons. The van der Waals surface area contributed by atoms with E-state index in [1.807, 2.05) is 32.2 Å². The van der Waals surface area contributed by atoms with Crippen molar-refractivity contribution in [2.45, 2.75) is 45.8 Å². The lowest BCUT2D eigenvalue weighted by Gasteiger charge is -2.34. The second-order valence-corrected chi connectivity index (χ2v) is 7.74. The molecule has 0 saturated carbocycles. The van der Waals surface area contributed by atoms with Crippen LogP contribution in [-0.4, -0.2) is 49.8 Å². The van der Waals surface area contributed by atoms with E-state index in [0.717, 1.165) is 49.2 Å². The molecule has 1 aromatic heterocycles. The minimum absolute atomic E-state index is 0. The van der Waals surface area contributed by atoms with Crippen molar-refractivity contribution in [2.24, 2.45) is 4.99 Å². The fourth-order valence-corrected chi connectivity index (χ4v) is 3.48. The van der Waals surface area contributed by atoms with Crippen molar-refractivity contribution in [1.82, 2.24) is 15.6 Å². The van der Waals surface area contributed by atoms with Gasteiger partial charge in [0.2, 0.25) is 0 Å². The van der Waals surface area contributed by atoms with Crippen molar-refractivity contribution in [2.75, 3.05) is 31.6 Å². The van der Waals surface area contributed by atoms with Crippen molar-refractivity contribution < 1.29 is 4.74 Å². The van der Waals surface area contributed by atoms with Gasteiger partial charge in [0.25, 0.3) is 0 Å². The second kappa shape index (κ2) is 12.0. The van der Waals surface area contributed by atoms with Crippen LogP contribution in [-0.2, 0) is 0 Å². The van der Waals surface area contributed by atoms with E-state index in [9.17, 15) is 0 Å². The van der Waals surface area contributed by atoms with Gasteiger partial charge in [-0.15, -0.1) is 24.0 Å². The molecule has 30 heavy (non-hydrogen) atoms. The molecule has 0 bridgehead atoms. The van der Waals surface area contributed by atoms with Crippen molar-refractivity contribution in [3.63, 3.8) is 0 Å². The minimum atomic E-state index is 0. The number of hydrogen-bond acceptors (Lipinski definition) is 4. The molecule has 6 nitrogen and oxygen atoms in total. The molecule has 0 aliphatic carbocycles. The number of guanidine groups is 1. The molecule has 1 aliphatic heterocycles. The van der Waals surface area contributed by atoms with Gasteiger partial charge in [-0.3, -0.25) is 4.99 Å². The zero-order valence-electron chi connectivity index (χ0n) is 18.4. The summed E-state index contributed by atoms with van der Waals surface area (Å²) in [6.45, 7) is 8.87. The number of nitrogens with zero attached hydrogens (tertiary/aromatic N) is 3. The number of benzene rings is 1. The van der Waals surface area contributed by atoms with Gasteiger partial charge in [0.1, 0.15) is 17.7 Å². The molecular formula is C23H34IN5O. The lowest BCUT2D eigenvalue weighted by Crippen LogP contribution is -2.50. The predicted molar refractivity (Wildman–Crippen MR) is 135 cm³/mol. The van der Waals surface area contributed by atoms with Crippen LogP contribution in [0.1, 0.15) is 31.0 Å². The quantitative estimate of drug-likeness (QED) is 0.342. The molecule has 0 spiro atoms. The zero-order chi connectivity index (χ0) is 20.6. The lowest BCUT2D eigenvalue weighted by atomic mass is 10.1. The van der Waals surface area contributed by atoms with E-state index in [2.05, 4.69) is 63.6 Å². The molecular weight excluding hydrogens is 489 g/mol. The van der Waals surface area contributed by atoms with E-state index < -0.39 is 0 Å². The Labute approximate surface area is 197 Å². The van der Waals surface area contributed by atoms with Crippen LogP contribution >= 0.6 is 24.0 Å². The standard InChI is InChI=1S/C23H33N5O.HI/c1-17-8-10-21(11-9-17)29-19(3)16-25-23(24-4)27-20-12-14-28(15-13-20)22-7-5-6-18(2)26-22;/h5-11,19-20H,12-16H2,1-4H3,(H2,24,25,27);1H. The number of aliphatic imine (C=N–C) groups is 1. The van der Waals surface area contributed by atoms with Gasteiger partial charge in [0.15, 0.2) is 5.96 Å². The number of aromatic nitrogens is 1. The van der Waals surface area contributed by atoms with Crippen LogP contribution < -0.4 is 20.3 Å². The molecule has 1 aromatic carbocycles. The van der Waals surface area contributed by atoms with Crippen LogP contribution in [0.2, 0.25) is 0 Å². The highest BCUT2D eigenvalue weighted by atomic mass is 127. The number of ether oxygens (including phenoxy) is 1. The first-order valence-electron chi connectivity index (χ1n) is 10.4. The maximum atomic E-state index is 5.97. The van der Waals surface area contributed by atoms with E-state index in [-0.39, 0.29) is 30.1 Å². The largest absolute Gasteiger partial charge is 0.489 e. The third kappa shape index (κ3) is 7.34. The maximum Gasteiger partial charge on any atom is 0.191 e. The molecule has 1 unspecified atom stereocenters. The molecule has 2 heterocycles. The summed E-state index contributed by atoms with van der Waals surface area (Å²) in [6.07, 6.45) is 2.17. The van der Waals surface area contributed by atoms with Crippen LogP contribution in [0.3, 0.4) is 0 Å². The van der Waals surface area contributed by atoms with Crippen molar-refractivity contribution in [1.29, 1.82) is 0 Å². The number of rotatable bonds is 6. The van der Waals surface area contributed by atoms with Gasteiger partial charge in [-0.2, -0.15) is 0 Å². The zero-order valence-corrected chi connectivity index (χ0v) is 20.7. The van der Waals surface area contributed by atoms with Crippen LogP contribution in [0.4, 0.5) is 5.82 Å². The summed E-state index contributed by atoms with van der Waals surface area (Å²) in [4.78, 5) is 11.4. The summed E-state index contributed by atoms with van der Waals surface area (Å²) in [5.74, 6) is 2.80. The lowest BCUT2D eigenvalue weighted by molar-refractivity contribution is 0.223. The molecule has 0 radical (unpaired) electrons. The first-order chi connectivity index (χ1) is 14.0. The molecule has 2 aromatic rings. The van der Waals surface area contributed by atoms with Crippen LogP contribution in [0.25, 0.3) is 0 Å². The Bertz CT molecular complexity index is 803. The number of pyridine rings is 1. The third-order valence-corrected chi connectivity index (χ3v) is 5.17. The van der Waals surface area contributed by atoms with Crippen molar-refractivity contribution in [3.8, 4) is 5.75 Å². The summed E-state index contributed by atoms with van der Waals surface area (Å²) >= 11 is 0. The van der Waals surface area contributed by atoms with Crippen LogP contribution in [0, 0.1) is 13.8 Å². The third-order valence-electron chi connectivity index (χ3n) is 5.17. The Morgan fingerprint density at radius 1 is 1.17 bits per heavy atom. The van der Waals surface area contributed by atoms with Crippen molar-refractivity contribution >= 4 is 35.8 Å². The van der Waals surface area contributed by atoms with Crippen LogP contribution in [0.15, 0.2) is 47.5 Å². The number of halogens is 1. The predicted octanol–water partition coefficient (Wildman–Crippen LogP) is 3.92. The van der Waals surface area contributed by atoms with Gasteiger partial charge in [0, 0.05) is 31.9 Å². The number of hydrogen-bond donors (Lipinski definition) is 2. The first-order valence-corrected chi connectivity index (χ1v) is 10.4. The monoisotopic (exact) mass is 523 g/mol. The Morgan fingerprint density at radius 3 is 2.50 bits per heavy atom. The van der Waals surface area contributed by atoms with E-state index in [1.165, 1.54) is 5.56 Å². The van der Waals surface area contributed by atoms with E-state index >= 15 is 0 Å². The average molecular weight is 523 g/mol. The Hall–Kier alpha value is -2.03. The molecule has 0 amide bonds. The topological polar surface area (TPSA) is 61.8 Å². The van der Waals surface area contributed by atoms with Gasteiger partial charge >= 0.3 is 0 Å². The molecule has 1 aliphatic rings. The summed E-state index contributed by atoms with van der Waals surface area (Å²) in [6, 6.07) is 14.8. The van der Waals surface area contributed by atoms with Gasteiger partial charge in [0.05, 0.1) is 6.54 Å². The van der Waals surface area contributed by atoms with E-state index in [0.29, 0.717) is 12.6 Å². The van der Waals surface area contributed by atoms with Gasteiger partial charge < -0.3 is 20.3 Å². The summed E-state index contributed by atoms with van der Waals surface area (Å²) in [7, 11) is 1.81. The number of piperidine rings is 1. The number of nitrogens with one attached hydrogen (secondary N) is 2. The van der Waals surface area contributed by atoms with Crippen LogP contribution in [0.5, 0.6) is 5.75 Å².